The minimum atomic E-state index is 0.591. The van der Waals surface area contributed by atoms with Crippen molar-refractivity contribution in [3.05, 3.63) is 213 Å². The quantitative estimate of drug-likeness (QED) is 0.144. The summed E-state index contributed by atoms with van der Waals surface area (Å²) < 4.78 is 0. The van der Waals surface area contributed by atoms with Gasteiger partial charge in [0, 0.05) is 52.6 Å². The summed E-state index contributed by atoms with van der Waals surface area (Å²) >= 11 is 0. The van der Waals surface area contributed by atoms with Gasteiger partial charge >= 0.3 is 0 Å². The fourth-order valence-electron chi connectivity index (χ4n) is 7.44. The average Bonchev–Trinajstić information content (AvgIpc) is 3.35. The maximum absolute atomic E-state index is 5.13. The van der Waals surface area contributed by atoms with Gasteiger partial charge in [0.15, 0.2) is 17.5 Å². The predicted octanol–water partition coefficient (Wildman–Crippen LogP) is 12.5. The number of hydrogen-bond acceptors (Lipinski definition) is 7. The Kier molecular flexibility index (Phi) is 9.79. The molecule has 7 aromatic carbocycles. The van der Waals surface area contributed by atoms with Gasteiger partial charge in [0.2, 0.25) is 0 Å². The van der Waals surface area contributed by atoms with Crippen LogP contribution in [0, 0.1) is 0 Å². The SMILES string of the molecule is c1ccc(-c2nc(-c3ccccc3)nc(-c3cc(-c4cccc(-c5cccc(-c6cncnc6)c5)c4)cc(-c4cccc(-c5cccc(-c6cncnc6)c5)c4)c3)n2)cc1. The zero-order chi connectivity index (χ0) is 40.1. The molecular weight excluding hydrogens is 735 g/mol. The first kappa shape index (κ1) is 36.1. The Bertz CT molecular complexity index is 2880. The van der Waals surface area contributed by atoms with E-state index in [0.717, 1.165) is 83.5 Å². The molecule has 0 unspecified atom stereocenters. The van der Waals surface area contributed by atoms with Crippen LogP contribution in [0.5, 0.6) is 0 Å². The third-order valence-electron chi connectivity index (χ3n) is 10.5. The molecule has 0 spiro atoms. The molecule has 60 heavy (non-hydrogen) atoms. The van der Waals surface area contributed by atoms with Crippen molar-refractivity contribution in [2.45, 2.75) is 0 Å². The lowest BCUT2D eigenvalue weighted by atomic mass is 9.92. The summed E-state index contributed by atoms with van der Waals surface area (Å²) in [6.45, 7) is 0. The van der Waals surface area contributed by atoms with Crippen LogP contribution < -0.4 is 0 Å². The van der Waals surface area contributed by atoms with E-state index in [1.54, 1.807) is 12.7 Å². The van der Waals surface area contributed by atoms with Crippen LogP contribution in [0.15, 0.2) is 213 Å². The van der Waals surface area contributed by atoms with Gasteiger partial charge in [-0.15, -0.1) is 0 Å². The summed E-state index contributed by atoms with van der Waals surface area (Å²) in [5, 5.41) is 0. The summed E-state index contributed by atoms with van der Waals surface area (Å²) in [7, 11) is 0. The van der Waals surface area contributed by atoms with E-state index in [-0.39, 0.29) is 0 Å². The van der Waals surface area contributed by atoms with Crippen LogP contribution >= 0.6 is 0 Å². The van der Waals surface area contributed by atoms with E-state index in [1.165, 1.54) is 0 Å². The molecule has 7 nitrogen and oxygen atoms in total. The lowest BCUT2D eigenvalue weighted by Crippen LogP contribution is -2.00. The normalized spacial score (nSPS) is 11.0. The fraction of sp³-hybridized carbons (Fsp3) is 0. The molecule has 10 aromatic rings. The highest BCUT2D eigenvalue weighted by atomic mass is 15.0. The summed E-state index contributed by atoms with van der Waals surface area (Å²) in [5.41, 5.74) is 15.4. The zero-order valence-electron chi connectivity index (χ0n) is 32.3. The lowest BCUT2D eigenvalue weighted by molar-refractivity contribution is 1.07. The maximum Gasteiger partial charge on any atom is 0.164 e. The molecule has 0 amide bonds. The number of aromatic nitrogens is 7. The third-order valence-corrected chi connectivity index (χ3v) is 10.5. The van der Waals surface area contributed by atoms with E-state index in [0.29, 0.717) is 17.5 Å². The molecule has 0 fully saturated rings. The molecular formula is C53H35N7. The molecule has 0 bridgehead atoms. The van der Waals surface area contributed by atoms with Gasteiger partial charge in [-0.25, -0.2) is 34.9 Å². The van der Waals surface area contributed by atoms with Crippen LogP contribution in [0.1, 0.15) is 0 Å². The van der Waals surface area contributed by atoms with Crippen LogP contribution in [-0.2, 0) is 0 Å². The highest BCUT2D eigenvalue weighted by molar-refractivity contribution is 5.84. The van der Waals surface area contributed by atoms with Gasteiger partial charge in [-0.2, -0.15) is 0 Å². The van der Waals surface area contributed by atoms with Crippen molar-refractivity contribution in [1.82, 2.24) is 34.9 Å². The van der Waals surface area contributed by atoms with Crippen LogP contribution in [0.4, 0.5) is 0 Å². The molecule has 3 aromatic heterocycles. The second-order valence-electron chi connectivity index (χ2n) is 14.4. The highest BCUT2D eigenvalue weighted by Gasteiger charge is 2.16. The van der Waals surface area contributed by atoms with Gasteiger partial charge < -0.3 is 0 Å². The molecule has 0 aliphatic heterocycles. The molecule has 0 saturated carbocycles. The van der Waals surface area contributed by atoms with Gasteiger partial charge in [-0.3, -0.25) is 0 Å². The Balaban J connectivity index is 1.13. The Hall–Kier alpha value is -8.29. The van der Waals surface area contributed by atoms with Crippen molar-refractivity contribution in [2.24, 2.45) is 0 Å². The van der Waals surface area contributed by atoms with Crippen LogP contribution in [0.2, 0.25) is 0 Å². The van der Waals surface area contributed by atoms with E-state index < -0.39 is 0 Å². The summed E-state index contributed by atoms with van der Waals surface area (Å²) in [4.78, 5) is 32.2. The molecule has 10 rings (SSSR count). The monoisotopic (exact) mass is 769 g/mol. The second-order valence-corrected chi connectivity index (χ2v) is 14.4. The van der Waals surface area contributed by atoms with Crippen molar-refractivity contribution >= 4 is 0 Å². The van der Waals surface area contributed by atoms with E-state index >= 15 is 0 Å². The highest BCUT2D eigenvalue weighted by Crippen LogP contribution is 2.37. The standard InChI is InChI=1S/C53H35N7/c1-3-11-36(12-4-1)51-58-52(37-13-5-2-6-14-37)60-53(59-51)48-28-46(42-19-7-15-38(23-42)40-17-9-21-44(25-40)49-30-54-34-55-31-49)27-47(29-48)43-20-8-16-39(24-43)41-18-10-22-45(26-41)50-32-56-35-57-33-50/h1-35H. The number of hydrogen-bond donors (Lipinski definition) is 0. The Labute approximate surface area is 347 Å². The zero-order valence-corrected chi connectivity index (χ0v) is 32.3. The number of benzene rings is 7. The van der Waals surface area contributed by atoms with Crippen molar-refractivity contribution in [1.29, 1.82) is 0 Å². The molecule has 0 saturated heterocycles. The predicted molar refractivity (Wildman–Crippen MR) is 240 cm³/mol. The van der Waals surface area contributed by atoms with Crippen molar-refractivity contribution < 1.29 is 0 Å². The fourth-order valence-corrected chi connectivity index (χ4v) is 7.44. The van der Waals surface area contributed by atoms with Gasteiger partial charge in [-0.05, 0) is 98.1 Å². The number of nitrogens with zero attached hydrogens (tertiary/aromatic N) is 7. The lowest BCUT2D eigenvalue weighted by Gasteiger charge is -2.14. The van der Waals surface area contributed by atoms with Crippen molar-refractivity contribution in [2.75, 3.05) is 0 Å². The van der Waals surface area contributed by atoms with Gasteiger partial charge in [0.05, 0.1) is 0 Å². The van der Waals surface area contributed by atoms with Crippen molar-refractivity contribution in [3.63, 3.8) is 0 Å². The molecule has 0 radical (unpaired) electrons. The average molecular weight is 770 g/mol. The van der Waals surface area contributed by atoms with Crippen LogP contribution in [-0.4, -0.2) is 34.9 Å². The van der Waals surface area contributed by atoms with E-state index in [2.05, 4.69) is 135 Å². The van der Waals surface area contributed by atoms with Gasteiger partial charge in [-0.1, -0.05) is 133 Å². The van der Waals surface area contributed by atoms with Crippen molar-refractivity contribution in [3.8, 4) is 101 Å². The topological polar surface area (TPSA) is 90.2 Å². The minimum Gasteiger partial charge on any atom is -0.244 e. The van der Waals surface area contributed by atoms with Crippen LogP contribution in [0.25, 0.3) is 101 Å². The minimum absolute atomic E-state index is 0.591. The molecule has 282 valence electrons. The first-order valence-corrected chi connectivity index (χ1v) is 19.7. The largest absolute Gasteiger partial charge is 0.244 e. The van der Waals surface area contributed by atoms with Gasteiger partial charge in [0.1, 0.15) is 12.7 Å². The van der Waals surface area contributed by atoms with Gasteiger partial charge in [0.25, 0.3) is 0 Å². The Morgan fingerprint density at radius 1 is 0.200 bits per heavy atom. The Morgan fingerprint density at radius 3 is 0.800 bits per heavy atom. The summed E-state index contributed by atoms with van der Waals surface area (Å²) in [6, 6.07) is 61.1. The first-order valence-electron chi connectivity index (χ1n) is 19.7. The van der Waals surface area contributed by atoms with E-state index in [1.807, 2.05) is 85.5 Å². The molecule has 0 aliphatic carbocycles. The maximum atomic E-state index is 5.13. The molecule has 7 heteroatoms. The summed E-state index contributed by atoms with van der Waals surface area (Å²) in [5.74, 6) is 1.82. The third kappa shape index (κ3) is 7.71. The molecule has 0 aliphatic rings. The molecule has 0 atom stereocenters. The van der Waals surface area contributed by atoms with Crippen LogP contribution in [0.3, 0.4) is 0 Å². The summed E-state index contributed by atoms with van der Waals surface area (Å²) in [6.07, 6.45) is 10.5. The molecule has 0 N–H and O–H groups in total. The Morgan fingerprint density at radius 2 is 0.450 bits per heavy atom. The molecule has 3 heterocycles. The van der Waals surface area contributed by atoms with E-state index in [9.17, 15) is 0 Å². The number of rotatable bonds is 9. The second kappa shape index (κ2) is 16.3. The smallest absolute Gasteiger partial charge is 0.164 e. The van der Waals surface area contributed by atoms with E-state index in [4.69, 9.17) is 15.0 Å². The first-order chi connectivity index (χ1) is 29.7.